The molecule has 0 saturated carbocycles. The first-order valence-corrected chi connectivity index (χ1v) is 16.2. The number of hydrogen-bond acceptors (Lipinski definition) is 2. The van der Waals surface area contributed by atoms with E-state index in [1.165, 1.54) is 22.3 Å². The molecule has 0 atom stereocenters. The Morgan fingerprint density at radius 3 is 2.31 bits per heavy atom. The third-order valence-corrected chi connectivity index (χ3v) is 12.1. The van der Waals surface area contributed by atoms with E-state index in [0.717, 1.165) is 43.0 Å². The molecule has 3 aromatic carbocycles. The van der Waals surface area contributed by atoms with Crippen molar-refractivity contribution in [1.29, 1.82) is 0 Å². The molecule has 1 aliphatic carbocycles. The quantitative estimate of drug-likeness (QED) is 0.505. The molecule has 0 aromatic heterocycles. The molecule has 1 aliphatic heterocycles. The topological polar surface area (TPSA) is 37.4 Å². The first kappa shape index (κ1) is 21.5. The highest BCUT2D eigenvalue weighted by Gasteiger charge is 2.38. The van der Waals surface area contributed by atoms with E-state index in [2.05, 4.69) is 49.5 Å². The van der Waals surface area contributed by atoms with Crippen molar-refractivity contribution in [3.8, 4) is 0 Å². The summed E-state index contributed by atoms with van der Waals surface area (Å²) >= 11 is 0. The first-order valence-electron chi connectivity index (χ1n) is 11.6. The summed E-state index contributed by atoms with van der Waals surface area (Å²) in [4.78, 5) is 0.394. The minimum absolute atomic E-state index is 0.394. The van der Waals surface area contributed by atoms with Crippen LogP contribution in [0.5, 0.6) is 0 Å². The number of aryl methyl sites for hydroxylation is 1. The summed E-state index contributed by atoms with van der Waals surface area (Å²) in [7, 11) is -5.27. The molecule has 2 aliphatic rings. The van der Waals surface area contributed by atoms with Crippen LogP contribution < -0.4 is 9.49 Å². The average molecular weight is 462 g/mol. The number of fused-ring (bicyclic) bond motifs is 3. The van der Waals surface area contributed by atoms with Crippen LogP contribution in [0.3, 0.4) is 0 Å². The van der Waals surface area contributed by atoms with E-state index in [1.807, 2.05) is 19.1 Å². The summed E-state index contributed by atoms with van der Waals surface area (Å²) < 4.78 is 28.8. The SMILES string of the molecule is Cc1ccc(S(=O)(=O)N2CCc3cc([Si](C)(C)Cc4ccccc4)c4c(c32)CCC4)cc1. The van der Waals surface area contributed by atoms with Crippen LogP contribution in [0.1, 0.15) is 34.2 Å². The highest BCUT2D eigenvalue weighted by molar-refractivity contribution is 7.92. The van der Waals surface area contributed by atoms with Gasteiger partial charge in [0.25, 0.3) is 10.0 Å². The van der Waals surface area contributed by atoms with Gasteiger partial charge in [0.2, 0.25) is 0 Å². The van der Waals surface area contributed by atoms with Crippen molar-refractivity contribution in [2.75, 3.05) is 10.8 Å². The van der Waals surface area contributed by atoms with Gasteiger partial charge in [-0.05, 0) is 67.5 Å². The van der Waals surface area contributed by atoms with Crippen molar-refractivity contribution in [1.82, 2.24) is 0 Å². The molecular formula is C27H31NO2SSi. The van der Waals surface area contributed by atoms with Gasteiger partial charge in [-0.3, -0.25) is 4.31 Å². The number of sulfonamides is 1. The molecule has 0 fully saturated rings. The largest absolute Gasteiger partial charge is 0.265 e. The number of hydrogen-bond donors (Lipinski definition) is 0. The van der Waals surface area contributed by atoms with Crippen LogP contribution in [0.15, 0.2) is 65.6 Å². The third-order valence-electron chi connectivity index (χ3n) is 7.11. The fourth-order valence-corrected chi connectivity index (χ4v) is 10.2. The highest BCUT2D eigenvalue weighted by Crippen LogP contribution is 2.41. The predicted molar refractivity (Wildman–Crippen MR) is 135 cm³/mol. The van der Waals surface area contributed by atoms with Gasteiger partial charge in [-0.15, -0.1) is 0 Å². The van der Waals surface area contributed by atoms with Crippen molar-refractivity contribution >= 4 is 29.0 Å². The lowest BCUT2D eigenvalue weighted by Gasteiger charge is -2.29. The normalized spacial score (nSPS) is 15.7. The maximum Gasteiger partial charge on any atom is 0.264 e. The van der Waals surface area contributed by atoms with Crippen molar-refractivity contribution < 1.29 is 8.42 Å². The van der Waals surface area contributed by atoms with Gasteiger partial charge < -0.3 is 0 Å². The molecule has 5 rings (SSSR count). The van der Waals surface area contributed by atoms with Gasteiger partial charge in [-0.1, -0.05) is 77.9 Å². The van der Waals surface area contributed by atoms with Crippen LogP contribution in [-0.4, -0.2) is 23.0 Å². The van der Waals surface area contributed by atoms with Crippen LogP contribution in [-0.2, 0) is 35.3 Å². The summed E-state index contributed by atoms with van der Waals surface area (Å²) in [6.45, 7) is 7.46. The van der Waals surface area contributed by atoms with Crippen molar-refractivity contribution in [2.24, 2.45) is 0 Å². The minimum atomic E-state index is -3.54. The van der Waals surface area contributed by atoms with E-state index in [9.17, 15) is 8.42 Å². The summed E-state index contributed by atoms with van der Waals surface area (Å²) in [5.74, 6) is 0. The molecule has 0 spiro atoms. The van der Waals surface area contributed by atoms with Gasteiger partial charge in [0, 0.05) is 6.54 Å². The molecule has 0 unspecified atom stereocenters. The second kappa shape index (κ2) is 7.89. The van der Waals surface area contributed by atoms with E-state index in [0.29, 0.717) is 11.4 Å². The summed E-state index contributed by atoms with van der Waals surface area (Å²) in [5.41, 5.74) is 7.44. The Hall–Kier alpha value is -2.37. The Bertz CT molecular complexity index is 1270. The Balaban J connectivity index is 1.58. The van der Waals surface area contributed by atoms with E-state index >= 15 is 0 Å². The Morgan fingerprint density at radius 2 is 1.59 bits per heavy atom. The summed E-state index contributed by atoms with van der Waals surface area (Å²) in [5, 5.41) is 1.54. The monoisotopic (exact) mass is 461 g/mol. The second-order valence-electron chi connectivity index (χ2n) is 9.93. The van der Waals surface area contributed by atoms with Gasteiger partial charge in [0.05, 0.1) is 18.7 Å². The molecule has 0 bridgehead atoms. The molecule has 0 saturated heterocycles. The highest BCUT2D eigenvalue weighted by atomic mass is 32.2. The van der Waals surface area contributed by atoms with Crippen molar-refractivity contribution in [3.05, 3.63) is 88.5 Å². The zero-order valence-electron chi connectivity index (χ0n) is 19.2. The fourth-order valence-electron chi connectivity index (χ4n) is 5.54. The van der Waals surface area contributed by atoms with Gasteiger partial charge in [-0.25, -0.2) is 8.42 Å². The maximum absolute atomic E-state index is 13.6. The van der Waals surface area contributed by atoms with Gasteiger partial charge >= 0.3 is 0 Å². The van der Waals surface area contributed by atoms with Gasteiger partial charge in [0.1, 0.15) is 0 Å². The Labute approximate surface area is 193 Å². The molecule has 0 amide bonds. The number of rotatable bonds is 5. The molecule has 5 heteroatoms. The molecule has 3 aromatic rings. The Kier molecular flexibility index (Phi) is 5.29. The standard InChI is InChI=1S/C27H31NO2SSi/c1-20-12-14-23(15-13-20)31(29,30)28-17-16-22-18-26(24-10-7-11-25(24)27(22)28)32(2,3)19-21-8-5-4-6-9-21/h4-6,8-9,12-15,18H,7,10-11,16-17,19H2,1-3H3. The Morgan fingerprint density at radius 1 is 0.906 bits per heavy atom. The van der Waals surface area contributed by atoms with Crippen molar-refractivity contribution in [2.45, 2.75) is 56.6 Å². The maximum atomic E-state index is 13.6. The smallest absolute Gasteiger partial charge is 0.264 e. The number of anilines is 1. The van der Waals surface area contributed by atoms with E-state index in [4.69, 9.17) is 0 Å². The first-order chi connectivity index (χ1) is 15.3. The zero-order valence-corrected chi connectivity index (χ0v) is 21.0. The van der Waals surface area contributed by atoms with Gasteiger partial charge in [0.15, 0.2) is 0 Å². The van der Waals surface area contributed by atoms with Crippen molar-refractivity contribution in [3.63, 3.8) is 0 Å². The van der Waals surface area contributed by atoms with Crippen LogP contribution in [0, 0.1) is 6.92 Å². The fraction of sp³-hybridized carbons (Fsp3) is 0.333. The minimum Gasteiger partial charge on any atom is -0.265 e. The predicted octanol–water partition coefficient (Wildman–Crippen LogP) is 4.93. The molecule has 1 heterocycles. The number of nitrogens with zero attached hydrogens (tertiary/aromatic N) is 1. The van der Waals surface area contributed by atoms with E-state index in [-0.39, 0.29) is 0 Å². The lowest BCUT2D eigenvalue weighted by molar-refractivity contribution is 0.592. The molecule has 32 heavy (non-hydrogen) atoms. The van der Waals surface area contributed by atoms with E-state index in [1.54, 1.807) is 21.6 Å². The average Bonchev–Trinajstić information content (AvgIpc) is 3.41. The second-order valence-corrected chi connectivity index (χ2v) is 16.5. The van der Waals surface area contributed by atoms with Crippen LogP contribution in [0.2, 0.25) is 13.1 Å². The molecule has 166 valence electrons. The van der Waals surface area contributed by atoms with E-state index < -0.39 is 18.1 Å². The summed E-state index contributed by atoms with van der Waals surface area (Å²) in [6.07, 6.45) is 3.98. The van der Waals surface area contributed by atoms with Crippen LogP contribution in [0.4, 0.5) is 5.69 Å². The molecule has 3 nitrogen and oxygen atoms in total. The van der Waals surface area contributed by atoms with Gasteiger partial charge in [-0.2, -0.15) is 0 Å². The third kappa shape index (κ3) is 3.61. The lowest BCUT2D eigenvalue weighted by Crippen LogP contribution is -2.46. The molecule has 0 N–H and O–H groups in total. The molecule has 0 radical (unpaired) electrons. The van der Waals surface area contributed by atoms with Crippen LogP contribution in [0.25, 0.3) is 0 Å². The zero-order chi connectivity index (χ0) is 22.5. The van der Waals surface area contributed by atoms with Crippen LogP contribution >= 0.6 is 0 Å². The summed E-state index contributed by atoms with van der Waals surface area (Å²) in [6, 6.07) is 21.6. The number of benzene rings is 3. The lowest BCUT2D eigenvalue weighted by atomic mass is 10.0. The molecular weight excluding hydrogens is 430 g/mol.